The van der Waals surface area contributed by atoms with E-state index in [0.29, 0.717) is 12.7 Å². The summed E-state index contributed by atoms with van der Waals surface area (Å²) in [5, 5.41) is 0. The zero-order valence-electron chi connectivity index (χ0n) is 1.48. The first-order valence-corrected chi connectivity index (χ1v) is 2.96. The molecular weight excluding hydrogens is 162 g/mol. The molecule has 0 atom stereocenters. The van der Waals surface area contributed by atoms with Crippen molar-refractivity contribution in [1.29, 1.82) is 0 Å². The van der Waals surface area contributed by atoms with Gasteiger partial charge in [0.1, 0.15) is 0 Å². The third kappa shape index (κ3) is 9.92. The van der Waals surface area contributed by atoms with Crippen molar-refractivity contribution in [1.82, 2.24) is 0 Å². The summed E-state index contributed by atoms with van der Waals surface area (Å²) in [5.74, 6) is 0. The summed E-state index contributed by atoms with van der Waals surface area (Å²) in [4.78, 5) is 0. The van der Waals surface area contributed by atoms with E-state index in [-0.39, 0.29) is 13.5 Å². The third-order valence-corrected chi connectivity index (χ3v) is 0. The molecule has 0 aliphatic carbocycles. The Hall–Kier alpha value is 1.42. The van der Waals surface area contributed by atoms with E-state index in [4.69, 9.17) is 20.4 Å². The molecule has 0 aromatic rings. The van der Waals surface area contributed by atoms with Crippen LogP contribution < -0.4 is 0 Å². The van der Waals surface area contributed by atoms with Crippen molar-refractivity contribution in [3.05, 3.63) is 0 Å². The largest absolute Gasteiger partial charge is 0 e. The van der Waals surface area contributed by atoms with Crippen LogP contribution in [0.5, 0.6) is 0 Å². The second-order valence-corrected chi connectivity index (χ2v) is 1.68. The topological polar surface area (TPSA) is 0 Å². The molecule has 0 bridgehead atoms. The number of halogens is 2. The molecular formula is Cl2NiS. The molecule has 0 amide bonds. The van der Waals surface area contributed by atoms with Crippen molar-refractivity contribution in [2.24, 2.45) is 0 Å². The molecule has 4 heteroatoms. The SMILES string of the molecule is [Cl][Ni][Cl].[S]. The molecule has 0 aromatic carbocycles. The molecule has 0 saturated heterocycles. The number of rotatable bonds is 0. The predicted octanol–water partition coefficient (Wildman–Crippen LogP) is 2.02. The average Bonchev–Trinajstić information content (AvgIpc) is 0.918. The van der Waals surface area contributed by atoms with Gasteiger partial charge < -0.3 is 0 Å². The van der Waals surface area contributed by atoms with E-state index in [1.54, 1.807) is 0 Å². The zero-order chi connectivity index (χ0) is 2.71. The molecule has 0 fully saturated rings. The first-order chi connectivity index (χ1) is 1.41. The van der Waals surface area contributed by atoms with E-state index in [2.05, 4.69) is 0 Å². The summed E-state index contributed by atoms with van der Waals surface area (Å²) in [7, 11) is 9.40. The molecule has 4 heavy (non-hydrogen) atoms. The Morgan fingerprint density at radius 2 is 1.25 bits per heavy atom. The first kappa shape index (κ1) is 9.05. The van der Waals surface area contributed by atoms with E-state index < -0.39 is 0 Å². The Bertz CT molecular complexity index is 6.00. The van der Waals surface area contributed by atoms with Crippen LogP contribution in [-0.2, 0) is 12.7 Å². The van der Waals surface area contributed by atoms with E-state index in [1.165, 1.54) is 0 Å². The van der Waals surface area contributed by atoms with Crippen LogP contribution in [0.15, 0.2) is 0 Å². The van der Waals surface area contributed by atoms with E-state index in [1.807, 2.05) is 0 Å². The Labute approximate surface area is 46.7 Å². The van der Waals surface area contributed by atoms with Crippen molar-refractivity contribution < 1.29 is 12.7 Å². The molecule has 0 nitrogen and oxygen atoms in total. The monoisotopic (exact) mass is 160 g/mol. The fourth-order valence-corrected chi connectivity index (χ4v) is 0. The van der Waals surface area contributed by atoms with Gasteiger partial charge in [-0.25, -0.2) is 0 Å². The molecule has 0 N–H and O–H groups in total. The average molecular weight is 162 g/mol. The van der Waals surface area contributed by atoms with Gasteiger partial charge in [-0.15, -0.1) is 0 Å². The molecule has 30 valence electrons. The standard InChI is InChI=1S/2ClH.Ni.S/h2*1H;;/q;;+2;/p-2. The smallest absolute Gasteiger partial charge is 0 e. The predicted molar refractivity (Wildman–Crippen MR) is 19.3 cm³/mol. The minimum atomic E-state index is 0. The third-order valence-electron chi connectivity index (χ3n) is 0. The first-order valence-electron chi connectivity index (χ1n) is 0.239. The normalized spacial score (nSPS) is 5.50. The van der Waals surface area contributed by atoms with Crippen molar-refractivity contribution >= 4 is 33.9 Å². The fourth-order valence-electron chi connectivity index (χ4n) is 0. The fraction of sp³-hybridized carbons (Fsp3) is 0. The Morgan fingerprint density at radius 1 is 1.25 bits per heavy atom. The molecule has 0 unspecified atom stereocenters. The van der Waals surface area contributed by atoms with Crippen LogP contribution in [0.25, 0.3) is 0 Å². The van der Waals surface area contributed by atoms with Gasteiger partial charge in [0.15, 0.2) is 0 Å². The molecule has 0 aliphatic rings. The molecule has 0 heterocycles. The maximum atomic E-state index is 4.70. The van der Waals surface area contributed by atoms with E-state index >= 15 is 0 Å². The second kappa shape index (κ2) is 8.83. The summed E-state index contributed by atoms with van der Waals surface area (Å²) in [5.41, 5.74) is 0. The summed E-state index contributed by atoms with van der Waals surface area (Å²) < 4.78 is 0. The summed E-state index contributed by atoms with van der Waals surface area (Å²) in [6, 6.07) is 0. The second-order valence-electron chi connectivity index (χ2n) is 0.0452. The minimum Gasteiger partial charge on any atom is 0 e. The van der Waals surface area contributed by atoms with Gasteiger partial charge in [0.05, 0.1) is 0 Å². The van der Waals surface area contributed by atoms with Gasteiger partial charge in [0.25, 0.3) is 0 Å². The van der Waals surface area contributed by atoms with Gasteiger partial charge in [0, 0.05) is 13.5 Å². The Morgan fingerprint density at radius 3 is 1.25 bits per heavy atom. The summed E-state index contributed by atoms with van der Waals surface area (Å²) in [6.07, 6.45) is 0. The van der Waals surface area contributed by atoms with Crippen LogP contribution in [0.1, 0.15) is 0 Å². The van der Waals surface area contributed by atoms with E-state index in [9.17, 15) is 0 Å². The van der Waals surface area contributed by atoms with Crippen molar-refractivity contribution in [3.8, 4) is 0 Å². The quantitative estimate of drug-likeness (QED) is 0.477. The van der Waals surface area contributed by atoms with Gasteiger partial charge in [-0.3, -0.25) is 0 Å². The van der Waals surface area contributed by atoms with Crippen LogP contribution in [0.2, 0.25) is 0 Å². The molecule has 0 aliphatic heterocycles. The van der Waals surface area contributed by atoms with Crippen molar-refractivity contribution in [2.75, 3.05) is 0 Å². The van der Waals surface area contributed by atoms with Gasteiger partial charge in [0.2, 0.25) is 0 Å². The number of hydrogen-bond acceptors (Lipinski definition) is 0. The molecule has 0 saturated carbocycles. The Balaban J connectivity index is 0. The molecule has 0 rings (SSSR count). The van der Waals surface area contributed by atoms with Crippen LogP contribution in [0, 0.1) is 0 Å². The molecule has 0 aromatic heterocycles. The van der Waals surface area contributed by atoms with Gasteiger partial charge in [-0.05, 0) is 0 Å². The van der Waals surface area contributed by atoms with Gasteiger partial charge >= 0.3 is 33.0 Å². The molecule has 0 spiro atoms. The van der Waals surface area contributed by atoms with Crippen LogP contribution in [0.4, 0.5) is 0 Å². The van der Waals surface area contributed by atoms with Crippen molar-refractivity contribution in [3.63, 3.8) is 0 Å². The molecule has 2 radical (unpaired) electrons. The van der Waals surface area contributed by atoms with Crippen LogP contribution in [-0.4, -0.2) is 0 Å². The van der Waals surface area contributed by atoms with Gasteiger partial charge in [-0.1, -0.05) is 0 Å². The maximum absolute atomic E-state index is 4.70. The van der Waals surface area contributed by atoms with Crippen LogP contribution in [0.3, 0.4) is 0 Å². The zero-order valence-corrected chi connectivity index (χ0v) is 4.80. The van der Waals surface area contributed by atoms with Gasteiger partial charge in [-0.2, -0.15) is 0 Å². The Kier molecular flexibility index (Phi) is 20.0. The maximum Gasteiger partial charge on any atom is 0 e. The van der Waals surface area contributed by atoms with E-state index in [0.717, 1.165) is 0 Å². The van der Waals surface area contributed by atoms with Crippen LogP contribution >= 0.6 is 33.9 Å². The summed E-state index contributed by atoms with van der Waals surface area (Å²) in [6.45, 7) is 0. The van der Waals surface area contributed by atoms with Crippen molar-refractivity contribution in [2.45, 2.75) is 0 Å². The number of hydrogen-bond donors (Lipinski definition) is 0. The summed E-state index contributed by atoms with van der Waals surface area (Å²) >= 11 is 0.569. The minimum absolute atomic E-state index is 0.